The van der Waals surface area contributed by atoms with Crippen LogP contribution in [0.3, 0.4) is 0 Å². The van der Waals surface area contributed by atoms with Gasteiger partial charge in [-0.15, -0.1) is 0 Å². The Kier molecular flexibility index (Phi) is 2.25. The van der Waals surface area contributed by atoms with Gasteiger partial charge in [0.05, 0.1) is 0 Å². The molecule has 1 fully saturated rings. The van der Waals surface area contributed by atoms with E-state index in [9.17, 15) is 0 Å². The molecule has 0 N–H and O–H groups in total. The minimum atomic E-state index is -1.11. The van der Waals surface area contributed by atoms with Gasteiger partial charge in [-0.2, -0.15) is 0 Å². The van der Waals surface area contributed by atoms with Crippen molar-refractivity contribution < 1.29 is 0 Å². The van der Waals surface area contributed by atoms with Crippen LogP contribution >= 0.6 is 0 Å². The summed E-state index contributed by atoms with van der Waals surface area (Å²) in [5, 5.41) is 3.25. The molecule has 1 aliphatic rings. The Bertz CT molecular complexity index is 96.7. The van der Waals surface area contributed by atoms with Crippen LogP contribution in [0.2, 0.25) is 22.0 Å². The van der Waals surface area contributed by atoms with E-state index >= 15 is 0 Å². The van der Waals surface area contributed by atoms with Gasteiger partial charge in [0.15, 0.2) is 0 Å². The molecule has 0 radical (unpaired) electrons. The Morgan fingerprint density at radius 2 is 2.00 bits per heavy atom. The fourth-order valence-electron chi connectivity index (χ4n) is 2.08. The van der Waals surface area contributed by atoms with Crippen LogP contribution in [-0.2, 0) is 0 Å². The van der Waals surface area contributed by atoms with Crippen molar-refractivity contribution in [3.8, 4) is 0 Å². The van der Waals surface area contributed by atoms with Crippen molar-refractivity contribution in [3.05, 3.63) is 0 Å². The molecule has 0 spiro atoms. The van der Waals surface area contributed by atoms with Crippen LogP contribution in [-0.4, -0.2) is 13.3 Å². The summed E-state index contributed by atoms with van der Waals surface area (Å²) in [4.78, 5) is 0. The quantitative estimate of drug-likeness (QED) is 0.511. The van der Waals surface area contributed by atoms with Crippen LogP contribution in [0.1, 0.15) is 19.8 Å². The molecule has 0 aromatic heterocycles. The van der Waals surface area contributed by atoms with Crippen LogP contribution < -0.4 is 0 Å². The molecule has 0 aliphatic carbocycles. The molecule has 54 valence electrons. The van der Waals surface area contributed by atoms with E-state index in [1.54, 1.807) is 10.5 Å². The van der Waals surface area contributed by atoms with Gasteiger partial charge < -0.3 is 0 Å². The third kappa shape index (κ3) is 2.32. The van der Waals surface area contributed by atoms with Gasteiger partial charge in [0.25, 0.3) is 0 Å². The maximum atomic E-state index is 2.58. The summed E-state index contributed by atoms with van der Waals surface area (Å²) in [6.07, 6.45) is 3.04. The molecule has 0 saturated carbocycles. The van der Waals surface area contributed by atoms with Gasteiger partial charge in [0, 0.05) is 0 Å². The monoisotopic (exact) mass is 188 g/mol. The fraction of sp³-hybridized carbons (Fsp3) is 1.00. The van der Waals surface area contributed by atoms with Gasteiger partial charge in [0.1, 0.15) is 0 Å². The molecule has 1 rings (SSSR count). The van der Waals surface area contributed by atoms with Crippen molar-refractivity contribution in [1.29, 1.82) is 0 Å². The molecule has 0 aromatic rings. The van der Waals surface area contributed by atoms with Crippen molar-refractivity contribution in [1.82, 2.24) is 0 Å². The Balaban J connectivity index is 2.41. The first-order valence-corrected chi connectivity index (χ1v) is 11.3. The second-order valence-corrected chi connectivity index (χ2v) is 15.4. The molecular weight excluding hydrogens is 169 g/mol. The third-order valence-corrected chi connectivity index (χ3v) is 9.81. The molecule has 1 heteroatoms. The molecule has 1 heterocycles. The average molecular weight is 187 g/mol. The number of rotatable bonds is 0. The summed E-state index contributed by atoms with van der Waals surface area (Å²) in [5.74, 6) is 6.22. The normalized spacial score (nSPS) is 34.3. The van der Waals surface area contributed by atoms with E-state index in [0.29, 0.717) is 0 Å². The van der Waals surface area contributed by atoms with Crippen LogP contribution in [0.4, 0.5) is 0 Å². The molecule has 0 bridgehead atoms. The Labute approximate surface area is 61.4 Å². The van der Waals surface area contributed by atoms with Crippen LogP contribution in [0, 0.1) is 5.92 Å². The molecule has 0 aromatic carbocycles. The van der Waals surface area contributed by atoms with E-state index in [1.165, 1.54) is 12.8 Å². The SMILES string of the molecule is CC1CC[CH2][Ge]([CH3])([CH3])[CH2]1. The van der Waals surface area contributed by atoms with Gasteiger partial charge in [-0.1, -0.05) is 0 Å². The molecule has 0 amide bonds. The van der Waals surface area contributed by atoms with E-state index < -0.39 is 13.3 Å². The van der Waals surface area contributed by atoms with E-state index in [0.717, 1.165) is 5.92 Å². The van der Waals surface area contributed by atoms with Crippen molar-refractivity contribution in [2.75, 3.05) is 0 Å². The van der Waals surface area contributed by atoms with Crippen molar-refractivity contribution in [2.24, 2.45) is 5.92 Å². The summed E-state index contributed by atoms with van der Waals surface area (Å²) in [6, 6.07) is 0. The molecule has 0 nitrogen and oxygen atoms in total. The van der Waals surface area contributed by atoms with E-state index in [1.807, 2.05) is 0 Å². The third-order valence-electron chi connectivity index (χ3n) is 2.45. The van der Waals surface area contributed by atoms with Gasteiger partial charge in [-0.3, -0.25) is 0 Å². The first kappa shape index (κ1) is 7.65. The molecule has 9 heavy (non-hydrogen) atoms. The topological polar surface area (TPSA) is 0 Å². The van der Waals surface area contributed by atoms with Crippen molar-refractivity contribution >= 4 is 13.3 Å². The second-order valence-electron chi connectivity index (χ2n) is 4.37. The predicted octanol–water partition coefficient (Wildman–Crippen LogP) is 3.12. The van der Waals surface area contributed by atoms with Crippen molar-refractivity contribution in [2.45, 2.75) is 41.8 Å². The summed E-state index contributed by atoms with van der Waals surface area (Å²) in [7, 11) is 0. The van der Waals surface area contributed by atoms with Crippen LogP contribution in [0.15, 0.2) is 0 Å². The molecule has 1 saturated heterocycles. The summed E-state index contributed by atoms with van der Waals surface area (Å²) in [6.45, 7) is 2.42. The van der Waals surface area contributed by atoms with Crippen molar-refractivity contribution in [3.63, 3.8) is 0 Å². The summed E-state index contributed by atoms with van der Waals surface area (Å²) >= 11 is -1.11. The zero-order chi connectivity index (χ0) is 6.91. The number of hydrogen-bond donors (Lipinski definition) is 0. The molecular formula is C8H18Ge. The predicted molar refractivity (Wildman–Crippen MR) is 45.5 cm³/mol. The van der Waals surface area contributed by atoms with Gasteiger partial charge in [-0.25, -0.2) is 0 Å². The minimum absolute atomic E-state index is 1.06. The van der Waals surface area contributed by atoms with Gasteiger partial charge >= 0.3 is 61.0 Å². The Morgan fingerprint density at radius 1 is 1.33 bits per heavy atom. The molecule has 1 aliphatic heterocycles. The Morgan fingerprint density at radius 3 is 2.33 bits per heavy atom. The first-order chi connectivity index (χ1) is 4.10. The van der Waals surface area contributed by atoms with Gasteiger partial charge in [0.2, 0.25) is 0 Å². The maximum absolute atomic E-state index is 2.58. The zero-order valence-electron chi connectivity index (χ0n) is 6.91. The fourth-order valence-corrected chi connectivity index (χ4v) is 9.33. The standard InChI is InChI=1S/C8H18Ge/c1-8-5-4-6-9(2,3)7-8/h8H,4-7H2,1-3H3. The van der Waals surface area contributed by atoms with E-state index in [-0.39, 0.29) is 0 Å². The average Bonchev–Trinajstić information content (AvgIpc) is 1.60. The number of hydrogen-bond acceptors (Lipinski definition) is 0. The van der Waals surface area contributed by atoms with Crippen LogP contribution in [0.5, 0.6) is 0 Å². The van der Waals surface area contributed by atoms with Crippen LogP contribution in [0.25, 0.3) is 0 Å². The molecule has 1 atom stereocenters. The molecule has 1 unspecified atom stereocenters. The van der Waals surface area contributed by atoms with Gasteiger partial charge in [-0.05, 0) is 0 Å². The Hall–Kier alpha value is 0.543. The summed E-state index contributed by atoms with van der Waals surface area (Å²) < 4.78 is 0. The zero-order valence-corrected chi connectivity index (χ0v) is 9.00. The van der Waals surface area contributed by atoms with E-state index in [4.69, 9.17) is 0 Å². The van der Waals surface area contributed by atoms with E-state index in [2.05, 4.69) is 18.4 Å². The second kappa shape index (κ2) is 2.65. The first-order valence-electron chi connectivity index (χ1n) is 4.10. The summed E-state index contributed by atoms with van der Waals surface area (Å²) in [5.41, 5.74) is 0.